The zero-order valence-electron chi connectivity index (χ0n) is 8.81. The molecule has 6 heteroatoms. The highest BCUT2D eigenvalue weighted by Gasteiger charge is 2.49. The third kappa shape index (κ3) is 1.90. The Bertz CT molecular complexity index is 494. The SMILES string of the molecule is CS(=O)(=O)C1CCCC1(O)c1sccc1Cl. The van der Waals surface area contributed by atoms with Crippen LogP contribution >= 0.6 is 22.9 Å². The van der Waals surface area contributed by atoms with E-state index in [1.807, 2.05) is 0 Å². The normalized spacial score (nSPS) is 30.8. The minimum atomic E-state index is -3.25. The molecule has 90 valence electrons. The molecule has 1 fully saturated rings. The van der Waals surface area contributed by atoms with Gasteiger partial charge in [-0.25, -0.2) is 8.42 Å². The highest BCUT2D eigenvalue weighted by molar-refractivity contribution is 7.91. The Morgan fingerprint density at radius 2 is 2.31 bits per heavy atom. The Labute approximate surface area is 104 Å². The minimum Gasteiger partial charge on any atom is -0.383 e. The summed E-state index contributed by atoms with van der Waals surface area (Å²) in [5.74, 6) is 0. The molecule has 0 aliphatic heterocycles. The van der Waals surface area contributed by atoms with Gasteiger partial charge in [-0.2, -0.15) is 0 Å². The molecule has 1 aromatic heterocycles. The molecule has 0 bridgehead atoms. The van der Waals surface area contributed by atoms with Gasteiger partial charge >= 0.3 is 0 Å². The molecule has 0 aromatic carbocycles. The van der Waals surface area contributed by atoms with Gasteiger partial charge in [0.25, 0.3) is 0 Å². The van der Waals surface area contributed by atoms with E-state index in [4.69, 9.17) is 11.6 Å². The molecule has 0 amide bonds. The van der Waals surface area contributed by atoms with Gasteiger partial charge in [0, 0.05) is 6.26 Å². The van der Waals surface area contributed by atoms with Crippen LogP contribution in [0.2, 0.25) is 5.02 Å². The van der Waals surface area contributed by atoms with Crippen molar-refractivity contribution in [2.24, 2.45) is 0 Å². The monoisotopic (exact) mass is 280 g/mol. The van der Waals surface area contributed by atoms with E-state index < -0.39 is 20.7 Å². The maximum absolute atomic E-state index is 11.7. The van der Waals surface area contributed by atoms with Crippen LogP contribution in [0.15, 0.2) is 11.4 Å². The standard InChI is InChI=1S/C10H13ClO3S2/c1-16(13,14)8-3-2-5-10(8,12)9-7(11)4-6-15-9/h4,6,8,12H,2-3,5H2,1H3. The zero-order chi connectivity index (χ0) is 12.0. The Kier molecular flexibility index (Phi) is 3.07. The maximum Gasteiger partial charge on any atom is 0.153 e. The van der Waals surface area contributed by atoms with Crippen molar-refractivity contribution < 1.29 is 13.5 Å². The van der Waals surface area contributed by atoms with Gasteiger partial charge in [0.2, 0.25) is 0 Å². The summed E-state index contributed by atoms with van der Waals surface area (Å²) in [6, 6.07) is 1.69. The average molecular weight is 281 g/mol. The van der Waals surface area contributed by atoms with Crippen LogP contribution in [-0.2, 0) is 15.4 Å². The van der Waals surface area contributed by atoms with Gasteiger partial charge in [0.1, 0.15) is 5.60 Å². The van der Waals surface area contributed by atoms with Crippen molar-refractivity contribution in [1.82, 2.24) is 0 Å². The first kappa shape index (κ1) is 12.4. The summed E-state index contributed by atoms with van der Waals surface area (Å²) in [6.07, 6.45) is 2.85. The lowest BCUT2D eigenvalue weighted by atomic mass is 10.00. The van der Waals surface area contributed by atoms with Gasteiger partial charge in [0.05, 0.1) is 15.1 Å². The second-order valence-corrected chi connectivity index (χ2v) is 7.78. The zero-order valence-corrected chi connectivity index (χ0v) is 11.2. The molecule has 2 unspecified atom stereocenters. The molecule has 0 spiro atoms. The lowest BCUT2D eigenvalue weighted by Gasteiger charge is -2.28. The van der Waals surface area contributed by atoms with Gasteiger partial charge in [0.15, 0.2) is 9.84 Å². The Morgan fingerprint density at radius 1 is 1.62 bits per heavy atom. The summed E-state index contributed by atoms with van der Waals surface area (Å²) >= 11 is 7.30. The average Bonchev–Trinajstić information content (AvgIpc) is 2.70. The summed E-state index contributed by atoms with van der Waals surface area (Å²) in [4.78, 5) is 0.585. The first-order chi connectivity index (χ1) is 7.36. The molecule has 0 radical (unpaired) electrons. The fourth-order valence-corrected chi connectivity index (χ4v) is 5.40. The molecule has 2 atom stereocenters. The lowest BCUT2D eigenvalue weighted by Crippen LogP contribution is -2.39. The molecule has 1 N–H and O–H groups in total. The van der Waals surface area contributed by atoms with Gasteiger partial charge in [-0.15, -0.1) is 11.3 Å². The van der Waals surface area contributed by atoms with Crippen molar-refractivity contribution in [3.63, 3.8) is 0 Å². The third-order valence-electron chi connectivity index (χ3n) is 3.08. The number of thiophene rings is 1. The van der Waals surface area contributed by atoms with Gasteiger partial charge in [-0.3, -0.25) is 0 Å². The van der Waals surface area contributed by atoms with Gasteiger partial charge < -0.3 is 5.11 Å². The van der Waals surface area contributed by atoms with Crippen molar-refractivity contribution in [1.29, 1.82) is 0 Å². The Balaban J connectivity index is 2.49. The van der Waals surface area contributed by atoms with Crippen LogP contribution < -0.4 is 0 Å². The van der Waals surface area contributed by atoms with Crippen LogP contribution in [0.5, 0.6) is 0 Å². The molecule has 1 aliphatic carbocycles. The second kappa shape index (κ2) is 3.98. The molecule has 2 rings (SSSR count). The highest BCUT2D eigenvalue weighted by atomic mass is 35.5. The first-order valence-electron chi connectivity index (χ1n) is 5.00. The number of sulfone groups is 1. The largest absolute Gasteiger partial charge is 0.383 e. The summed E-state index contributed by atoms with van der Waals surface area (Å²) in [6.45, 7) is 0. The fraction of sp³-hybridized carbons (Fsp3) is 0.600. The Hall–Kier alpha value is -0.100. The van der Waals surface area contributed by atoms with E-state index in [0.717, 1.165) is 0 Å². The van der Waals surface area contributed by atoms with E-state index in [-0.39, 0.29) is 0 Å². The molecule has 1 saturated carbocycles. The van der Waals surface area contributed by atoms with Crippen molar-refractivity contribution >= 4 is 32.8 Å². The topological polar surface area (TPSA) is 54.4 Å². The van der Waals surface area contributed by atoms with Crippen molar-refractivity contribution in [2.75, 3.05) is 6.26 Å². The molecule has 1 heterocycles. The van der Waals surface area contributed by atoms with Crippen LogP contribution in [0.1, 0.15) is 24.1 Å². The summed E-state index contributed by atoms with van der Waals surface area (Å²) < 4.78 is 23.3. The van der Waals surface area contributed by atoms with Gasteiger partial charge in [-0.05, 0) is 30.7 Å². The van der Waals surface area contributed by atoms with Crippen LogP contribution in [0, 0.1) is 0 Å². The number of rotatable bonds is 2. The quantitative estimate of drug-likeness (QED) is 0.903. The number of halogens is 1. The van der Waals surface area contributed by atoms with Crippen LogP contribution in [0.3, 0.4) is 0 Å². The van der Waals surface area contributed by atoms with Crippen LogP contribution in [-0.4, -0.2) is 25.0 Å². The highest BCUT2D eigenvalue weighted by Crippen LogP contribution is 2.46. The van der Waals surface area contributed by atoms with E-state index in [2.05, 4.69) is 0 Å². The second-order valence-electron chi connectivity index (χ2n) is 4.23. The van der Waals surface area contributed by atoms with E-state index in [0.29, 0.717) is 29.2 Å². The molecule has 1 aliphatic rings. The van der Waals surface area contributed by atoms with E-state index in [9.17, 15) is 13.5 Å². The molecular formula is C10H13ClO3S2. The first-order valence-corrected chi connectivity index (χ1v) is 8.21. The maximum atomic E-state index is 11.7. The van der Waals surface area contributed by atoms with Crippen molar-refractivity contribution in [3.8, 4) is 0 Å². The third-order valence-corrected chi connectivity index (χ3v) is 6.25. The van der Waals surface area contributed by atoms with E-state index in [1.165, 1.54) is 17.6 Å². The minimum absolute atomic E-state index is 0.461. The molecule has 0 saturated heterocycles. The van der Waals surface area contributed by atoms with Crippen LogP contribution in [0.25, 0.3) is 0 Å². The fourth-order valence-electron chi connectivity index (χ4n) is 2.39. The van der Waals surface area contributed by atoms with E-state index in [1.54, 1.807) is 11.4 Å². The molecule has 16 heavy (non-hydrogen) atoms. The smallest absolute Gasteiger partial charge is 0.153 e. The summed E-state index contributed by atoms with van der Waals surface area (Å²) in [5.41, 5.74) is -1.29. The number of hydrogen-bond donors (Lipinski definition) is 1. The predicted octanol–water partition coefficient (Wildman–Crippen LogP) is 2.19. The molecule has 1 aromatic rings. The lowest BCUT2D eigenvalue weighted by molar-refractivity contribution is 0.0516. The number of hydrogen-bond acceptors (Lipinski definition) is 4. The van der Waals surface area contributed by atoms with Crippen molar-refractivity contribution in [3.05, 3.63) is 21.3 Å². The van der Waals surface area contributed by atoms with Crippen LogP contribution in [0.4, 0.5) is 0 Å². The van der Waals surface area contributed by atoms with Gasteiger partial charge in [-0.1, -0.05) is 11.6 Å². The number of aliphatic hydroxyl groups is 1. The Morgan fingerprint density at radius 3 is 2.81 bits per heavy atom. The predicted molar refractivity (Wildman–Crippen MR) is 65.7 cm³/mol. The summed E-state index contributed by atoms with van der Waals surface area (Å²) in [5, 5.41) is 12.1. The molecule has 3 nitrogen and oxygen atoms in total. The van der Waals surface area contributed by atoms with E-state index >= 15 is 0 Å². The van der Waals surface area contributed by atoms with Crippen molar-refractivity contribution in [2.45, 2.75) is 30.1 Å². The molecular weight excluding hydrogens is 268 g/mol. The summed E-state index contributed by atoms with van der Waals surface area (Å²) in [7, 11) is -3.25.